The van der Waals surface area contributed by atoms with Crippen LogP contribution in [-0.4, -0.2) is 20.8 Å². The molecule has 90 valence electrons. The van der Waals surface area contributed by atoms with Crippen molar-refractivity contribution in [1.82, 2.24) is 0 Å². The van der Waals surface area contributed by atoms with E-state index in [1.165, 1.54) is 5.56 Å². The molecule has 0 fully saturated rings. The Bertz CT molecular complexity index is 375. The summed E-state index contributed by atoms with van der Waals surface area (Å²) >= 11 is 0. The van der Waals surface area contributed by atoms with Crippen LogP contribution in [0.3, 0.4) is 0 Å². The summed E-state index contributed by atoms with van der Waals surface area (Å²) in [5.41, 5.74) is 9.14. The van der Waals surface area contributed by atoms with Crippen molar-refractivity contribution in [1.29, 1.82) is 0 Å². The van der Waals surface area contributed by atoms with Crippen LogP contribution in [0.25, 0.3) is 0 Å². The second-order valence-electron chi connectivity index (χ2n) is 4.11. The lowest BCUT2D eigenvalue weighted by Crippen LogP contribution is -2.11. The van der Waals surface area contributed by atoms with E-state index in [-0.39, 0.29) is 0 Å². The first-order chi connectivity index (χ1) is 7.56. The number of hydrogen-bond donors (Lipinski definition) is 1. The van der Waals surface area contributed by atoms with E-state index >= 15 is 0 Å². The Morgan fingerprint density at radius 2 is 1.75 bits per heavy atom. The van der Waals surface area contributed by atoms with E-state index in [0.717, 1.165) is 22.6 Å². The molecule has 0 bridgehead atoms. The maximum atomic E-state index is 5.71. The second-order valence-corrected chi connectivity index (χ2v) is 4.11. The van der Waals surface area contributed by atoms with Crippen LogP contribution in [0.5, 0.6) is 11.5 Å². The van der Waals surface area contributed by atoms with Crippen molar-refractivity contribution in [3.63, 3.8) is 0 Å². The molecule has 2 N–H and O–H groups in total. The first-order valence-corrected chi connectivity index (χ1v) is 5.48. The summed E-state index contributed by atoms with van der Waals surface area (Å²) in [7, 11) is 3.33. The highest BCUT2D eigenvalue weighted by Gasteiger charge is 2.17. The average molecular weight is 223 g/mol. The normalized spacial score (nSPS) is 12.4. The molecule has 0 heterocycles. The minimum absolute atomic E-state index is 0.332. The summed E-state index contributed by atoms with van der Waals surface area (Å²) in [6.07, 6.45) is 0. The molecule has 1 rings (SSSR count). The Morgan fingerprint density at radius 1 is 1.19 bits per heavy atom. The highest BCUT2D eigenvalue weighted by molar-refractivity contribution is 5.55. The standard InChI is InChI=1S/C13H21NO2/c1-8-6-11(9(2)7-14)10(3)13(16-5)12(8)15-4/h6,9H,7,14H2,1-5H3. The molecule has 0 spiro atoms. The highest BCUT2D eigenvalue weighted by atomic mass is 16.5. The molecule has 0 aromatic heterocycles. The molecule has 0 amide bonds. The van der Waals surface area contributed by atoms with E-state index in [0.29, 0.717) is 12.5 Å². The van der Waals surface area contributed by atoms with Crippen molar-refractivity contribution in [3.05, 3.63) is 22.8 Å². The molecule has 0 aliphatic heterocycles. The predicted octanol–water partition coefficient (Wildman–Crippen LogP) is 2.38. The second kappa shape index (κ2) is 5.21. The predicted molar refractivity (Wildman–Crippen MR) is 66.5 cm³/mol. The molecule has 1 atom stereocenters. The van der Waals surface area contributed by atoms with Crippen LogP contribution in [0.2, 0.25) is 0 Å². The van der Waals surface area contributed by atoms with Crippen molar-refractivity contribution in [2.45, 2.75) is 26.7 Å². The van der Waals surface area contributed by atoms with Crippen LogP contribution in [0.4, 0.5) is 0 Å². The SMILES string of the molecule is COc1c(C)cc(C(C)CN)c(C)c1OC. The Balaban J connectivity index is 3.39. The summed E-state index contributed by atoms with van der Waals surface area (Å²) in [6.45, 7) is 6.82. The van der Waals surface area contributed by atoms with Crippen LogP contribution in [0, 0.1) is 13.8 Å². The van der Waals surface area contributed by atoms with Crippen molar-refractivity contribution < 1.29 is 9.47 Å². The summed E-state index contributed by atoms with van der Waals surface area (Å²) in [5.74, 6) is 1.96. The van der Waals surface area contributed by atoms with Crippen LogP contribution in [0.15, 0.2) is 6.07 Å². The fourth-order valence-electron chi connectivity index (χ4n) is 2.03. The Kier molecular flexibility index (Phi) is 4.19. The monoisotopic (exact) mass is 223 g/mol. The van der Waals surface area contributed by atoms with E-state index in [1.807, 2.05) is 13.8 Å². The Labute approximate surface area is 97.6 Å². The first-order valence-electron chi connectivity index (χ1n) is 5.48. The third-order valence-corrected chi connectivity index (χ3v) is 3.00. The zero-order valence-corrected chi connectivity index (χ0v) is 10.8. The molecular weight excluding hydrogens is 202 g/mol. The third kappa shape index (κ3) is 2.14. The molecule has 1 aromatic rings. The minimum atomic E-state index is 0.332. The van der Waals surface area contributed by atoms with Gasteiger partial charge in [0.15, 0.2) is 11.5 Å². The molecule has 16 heavy (non-hydrogen) atoms. The quantitative estimate of drug-likeness (QED) is 0.852. The number of hydrogen-bond acceptors (Lipinski definition) is 3. The van der Waals surface area contributed by atoms with Crippen molar-refractivity contribution in [3.8, 4) is 11.5 Å². The largest absolute Gasteiger partial charge is 0.493 e. The van der Waals surface area contributed by atoms with E-state index < -0.39 is 0 Å². The number of nitrogens with two attached hydrogens (primary N) is 1. The van der Waals surface area contributed by atoms with E-state index in [4.69, 9.17) is 15.2 Å². The van der Waals surface area contributed by atoms with Crippen LogP contribution >= 0.6 is 0 Å². The highest BCUT2D eigenvalue weighted by Crippen LogP contribution is 2.38. The third-order valence-electron chi connectivity index (χ3n) is 3.00. The summed E-state index contributed by atoms with van der Waals surface area (Å²) in [6, 6.07) is 2.13. The van der Waals surface area contributed by atoms with Gasteiger partial charge in [0.1, 0.15) is 0 Å². The van der Waals surface area contributed by atoms with Gasteiger partial charge in [-0.1, -0.05) is 13.0 Å². The van der Waals surface area contributed by atoms with Gasteiger partial charge in [-0.2, -0.15) is 0 Å². The van der Waals surface area contributed by atoms with Crippen molar-refractivity contribution in [2.24, 2.45) is 5.73 Å². The van der Waals surface area contributed by atoms with Gasteiger partial charge in [0, 0.05) is 0 Å². The van der Waals surface area contributed by atoms with Gasteiger partial charge in [0.25, 0.3) is 0 Å². The van der Waals surface area contributed by atoms with Crippen LogP contribution in [0.1, 0.15) is 29.5 Å². The Hall–Kier alpha value is -1.22. The van der Waals surface area contributed by atoms with E-state index in [9.17, 15) is 0 Å². The molecule has 1 aromatic carbocycles. The molecule has 0 radical (unpaired) electrons. The fraction of sp³-hybridized carbons (Fsp3) is 0.538. The molecule has 0 aliphatic rings. The van der Waals surface area contributed by atoms with Gasteiger partial charge < -0.3 is 15.2 Å². The maximum absolute atomic E-state index is 5.71. The van der Waals surface area contributed by atoms with Crippen molar-refractivity contribution >= 4 is 0 Å². The van der Waals surface area contributed by atoms with Gasteiger partial charge >= 0.3 is 0 Å². The zero-order valence-electron chi connectivity index (χ0n) is 10.8. The Morgan fingerprint density at radius 3 is 2.19 bits per heavy atom. The molecule has 1 unspecified atom stereocenters. The lowest BCUT2D eigenvalue weighted by molar-refractivity contribution is 0.350. The molecular formula is C13H21NO2. The van der Waals surface area contributed by atoms with Gasteiger partial charge in [0.2, 0.25) is 0 Å². The number of ether oxygens (including phenoxy) is 2. The van der Waals surface area contributed by atoms with Gasteiger partial charge in [-0.15, -0.1) is 0 Å². The van der Waals surface area contributed by atoms with Gasteiger partial charge in [-0.3, -0.25) is 0 Å². The maximum Gasteiger partial charge on any atom is 0.164 e. The number of aryl methyl sites for hydroxylation is 1. The van der Waals surface area contributed by atoms with Crippen molar-refractivity contribution in [2.75, 3.05) is 20.8 Å². The molecule has 3 heteroatoms. The number of rotatable bonds is 4. The topological polar surface area (TPSA) is 44.5 Å². The summed E-state index contributed by atoms with van der Waals surface area (Å²) in [4.78, 5) is 0. The fourth-order valence-corrected chi connectivity index (χ4v) is 2.03. The molecule has 0 saturated heterocycles. The lowest BCUT2D eigenvalue weighted by Gasteiger charge is -2.19. The summed E-state index contributed by atoms with van der Waals surface area (Å²) in [5, 5.41) is 0. The smallest absolute Gasteiger partial charge is 0.164 e. The molecule has 0 aliphatic carbocycles. The number of benzene rings is 1. The minimum Gasteiger partial charge on any atom is -0.493 e. The number of methoxy groups -OCH3 is 2. The van der Waals surface area contributed by atoms with E-state index in [2.05, 4.69) is 13.0 Å². The molecule has 0 saturated carbocycles. The average Bonchev–Trinajstić information content (AvgIpc) is 2.29. The van der Waals surface area contributed by atoms with Crippen LogP contribution in [-0.2, 0) is 0 Å². The van der Waals surface area contributed by atoms with Crippen LogP contribution < -0.4 is 15.2 Å². The first kappa shape index (κ1) is 12.8. The zero-order chi connectivity index (χ0) is 12.3. The van der Waals surface area contributed by atoms with E-state index in [1.54, 1.807) is 14.2 Å². The van der Waals surface area contributed by atoms with Gasteiger partial charge in [-0.05, 0) is 43.0 Å². The summed E-state index contributed by atoms with van der Waals surface area (Å²) < 4.78 is 10.8. The van der Waals surface area contributed by atoms with Gasteiger partial charge in [0.05, 0.1) is 14.2 Å². The molecule has 3 nitrogen and oxygen atoms in total. The lowest BCUT2D eigenvalue weighted by atomic mass is 9.93. The van der Waals surface area contributed by atoms with Gasteiger partial charge in [-0.25, -0.2) is 0 Å².